The van der Waals surface area contributed by atoms with E-state index in [9.17, 15) is 9.59 Å². The van der Waals surface area contributed by atoms with Crippen molar-refractivity contribution in [1.82, 2.24) is 9.97 Å². The molecule has 0 saturated heterocycles. The molecule has 1 aliphatic carbocycles. The van der Waals surface area contributed by atoms with E-state index in [2.05, 4.69) is 15.3 Å². The van der Waals surface area contributed by atoms with Gasteiger partial charge in [-0.05, 0) is 36.5 Å². The van der Waals surface area contributed by atoms with E-state index in [1.807, 2.05) is 19.9 Å². The van der Waals surface area contributed by atoms with Crippen LogP contribution < -0.4 is 10.9 Å². The zero-order chi connectivity index (χ0) is 14.3. The molecule has 3 rings (SSSR count). The van der Waals surface area contributed by atoms with Gasteiger partial charge >= 0.3 is 0 Å². The van der Waals surface area contributed by atoms with Gasteiger partial charge in [0.1, 0.15) is 5.82 Å². The molecule has 1 saturated carbocycles. The highest BCUT2D eigenvalue weighted by Gasteiger charge is 2.30. The number of pyridine rings is 2. The summed E-state index contributed by atoms with van der Waals surface area (Å²) in [7, 11) is 0. The van der Waals surface area contributed by atoms with E-state index >= 15 is 0 Å². The van der Waals surface area contributed by atoms with Crippen LogP contribution in [0, 0.1) is 5.92 Å². The van der Waals surface area contributed by atoms with Crippen LogP contribution in [-0.4, -0.2) is 15.9 Å². The predicted molar refractivity (Wildman–Crippen MR) is 77.8 cm³/mol. The van der Waals surface area contributed by atoms with Crippen LogP contribution in [-0.2, 0) is 4.79 Å². The Morgan fingerprint density at radius 3 is 2.85 bits per heavy atom. The van der Waals surface area contributed by atoms with Crippen molar-refractivity contribution in [2.45, 2.75) is 32.6 Å². The van der Waals surface area contributed by atoms with Gasteiger partial charge in [-0.3, -0.25) is 9.59 Å². The Kier molecular flexibility index (Phi) is 3.04. The van der Waals surface area contributed by atoms with Crippen LogP contribution in [0.15, 0.2) is 23.1 Å². The van der Waals surface area contributed by atoms with E-state index in [1.165, 1.54) is 0 Å². The first-order valence-corrected chi connectivity index (χ1v) is 6.89. The van der Waals surface area contributed by atoms with Gasteiger partial charge in [0.25, 0.3) is 5.56 Å². The van der Waals surface area contributed by atoms with E-state index in [4.69, 9.17) is 0 Å². The van der Waals surface area contributed by atoms with Crippen LogP contribution in [0.2, 0.25) is 0 Å². The normalized spacial score (nSPS) is 14.8. The van der Waals surface area contributed by atoms with E-state index in [1.54, 1.807) is 12.3 Å². The summed E-state index contributed by atoms with van der Waals surface area (Å²) in [6.45, 7) is 4.04. The van der Waals surface area contributed by atoms with Crippen LogP contribution in [0.25, 0.3) is 10.9 Å². The van der Waals surface area contributed by atoms with Crippen LogP contribution in [0.4, 0.5) is 5.82 Å². The fourth-order valence-electron chi connectivity index (χ4n) is 2.31. The number of nitrogens with one attached hydrogen (secondary N) is 2. The molecule has 0 atom stereocenters. The average Bonchev–Trinajstić information content (AvgIpc) is 3.22. The Balaban J connectivity index is 2.10. The van der Waals surface area contributed by atoms with Crippen molar-refractivity contribution >= 4 is 22.6 Å². The quantitative estimate of drug-likeness (QED) is 0.900. The SMILES string of the molecule is CC(C)c1cc(NC(=O)C2CC2)nc2cc[nH]c(=O)c12. The van der Waals surface area contributed by atoms with Gasteiger partial charge in [0.2, 0.25) is 5.91 Å². The second kappa shape index (κ2) is 4.74. The molecule has 2 N–H and O–H groups in total. The maximum Gasteiger partial charge on any atom is 0.257 e. The van der Waals surface area contributed by atoms with Crippen molar-refractivity contribution in [2.24, 2.45) is 5.92 Å². The number of anilines is 1. The Morgan fingerprint density at radius 1 is 1.45 bits per heavy atom. The number of nitrogens with zero attached hydrogens (tertiary/aromatic N) is 1. The molecule has 0 aliphatic heterocycles. The maximum atomic E-state index is 12.0. The number of rotatable bonds is 3. The van der Waals surface area contributed by atoms with Gasteiger partial charge in [0.05, 0.1) is 10.9 Å². The first kappa shape index (κ1) is 12.8. The highest BCUT2D eigenvalue weighted by Crippen LogP contribution is 2.31. The van der Waals surface area contributed by atoms with Crippen LogP contribution in [0.3, 0.4) is 0 Å². The molecule has 0 spiro atoms. The third-order valence-electron chi connectivity index (χ3n) is 3.58. The fourth-order valence-corrected chi connectivity index (χ4v) is 2.31. The number of H-pyrrole nitrogens is 1. The molecule has 104 valence electrons. The molecular weight excluding hydrogens is 254 g/mol. The molecule has 1 amide bonds. The predicted octanol–water partition coefficient (Wildman–Crippen LogP) is 2.39. The number of aromatic amines is 1. The molecule has 0 bridgehead atoms. The summed E-state index contributed by atoms with van der Waals surface area (Å²) >= 11 is 0. The summed E-state index contributed by atoms with van der Waals surface area (Å²) in [5, 5.41) is 3.45. The third kappa shape index (κ3) is 2.31. The number of carbonyl (C=O) groups excluding carboxylic acids is 1. The van der Waals surface area contributed by atoms with Gasteiger partial charge in [0.15, 0.2) is 0 Å². The molecule has 2 heterocycles. The Bertz CT molecular complexity index is 729. The molecule has 5 nitrogen and oxygen atoms in total. The minimum atomic E-state index is -0.140. The summed E-state index contributed by atoms with van der Waals surface area (Å²) in [5.74, 6) is 0.870. The van der Waals surface area contributed by atoms with Crippen molar-refractivity contribution in [1.29, 1.82) is 0 Å². The Hall–Kier alpha value is -2.17. The molecule has 2 aromatic rings. The number of hydrogen-bond acceptors (Lipinski definition) is 3. The summed E-state index contributed by atoms with van der Waals surface area (Å²) in [6.07, 6.45) is 3.49. The Morgan fingerprint density at radius 2 is 2.20 bits per heavy atom. The smallest absolute Gasteiger partial charge is 0.257 e. The minimum absolute atomic E-state index is 0.0244. The van der Waals surface area contributed by atoms with Crippen molar-refractivity contribution in [3.63, 3.8) is 0 Å². The summed E-state index contributed by atoms with van der Waals surface area (Å²) in [5.41, 5.74) is 1.38. The molecule has 0 unspecified atom stereocenters. The second-order valence-corrected chi connectivity index (χ2v) is 5.58. The van der Waals surface area contributed by atoms with E-state index in [0.717, 1.165) is 18.4 Å². The number of amides is 1. The van der Waals surface area contributed by atoms with E-state index in [-0.39, 0.29) is 23.3 Å². The van der Waals surface area contributed by atoms with Gasteiger partial charge in [0, 0.05) is 12.1 Å². The van der Waals surface area contributed by atoms with Crippen LogP contribution in [0.5, 0.6) is 0 Å². The summed E-state index contributed by atoms with van der Waals surface area (Å²) in [6, 6.07) is 3.57. The molecule has 5 heteroatoms. The molecule has 2 aromatic heterocycles. The summed E-state index contributed by atoms with van der Waals surface area (Å²) in [4.78, 5) is 30.9. The Labute approximate surface area is 116 Å². The van der Waals surface area contributed by atoms with Gasteiger partial charge in [-0.1, -0.05) is 13.8 Å². The third-order valence-corrected chi connectivity index (χ3v) is 3.58. The first-order valence-electron chi connectivity index (χ1n) is 6.89. The van der Waals surface area contributed by atoms with Gasteiger partial charge < -0.3 is 10.3 Å². The lowest BCUT2D eigenvalue weighted by Gasteiger charge is -2.12. The topological polar surface area (TPSA) is 74.8 Å². The molecule has 20 heavy (non-hydrogen) atoms. The zero-order valence-corrected chi connectivity index (χ0v) is 11.6. The lowest BCUT2D eigenvalue weighted by atomic mass is 10.00. The molecule has 0 radical (unpaired) electrons. The van der Waals surface area contributed by atoms with Crippen LogP contribution in [0.1, 0.15) is 38.2 Å². The monoisotopic (exact) mass is 271 g/mol. The van der Waals surface area contributed by atoms with Crippen LogP contribution >= 0.6 is 0 Å². The van der Waals surface area contributed by atoms with Crippen molar-refractivity contribution < 1.29 is 4.79 Å². The maximum absolute atomic E-state index is 12.0. The number of fused-ring (bicyclic) bond motifs is 1. The first-order chi connectivity index (χ1) is 9.56. The van der Waals surface area contributed by atoms with Crippen molar-refractivity contribution in [2.75, 3.05) is 5.32 Å². The summed E-state index contributed by atoms with van der Waals surface area (Å²) < 4.78 is 0. The largest absolute Gasteiger partial charge is 0.328 e. The van der Waals surface area contributed by atoms with Crippen molar-refractivity contribution in [3.8, 4) is 0 Å². The fraction of sp³-hybridized carbons (Fsp3) is 0.400. The molecular formula is C15H17N3O2. The molecule has 1 fully saturated rings. The highest BCUT2D eigenvalue weighted by atomic mass is 16.2. The van der Waals surface area contributed by atoms with E-state index in [0.29, 0.717) is 16.7 Å². The van der Waals surface area contributed by atoms with Gasteiger partial charge in [-0.2, -0.15) is 0 Å². The average molecular weight is 271 g/mol. The number of carbonyl (C=O) groups is 1. The highest BCUT2D eigenvalue weighted by molar-refractivity contribution is 5.95. The standard InChI is InChI=1S/C15H17N3O2/c1-8(2)10-7-12(18-14(19)9-3-4-9)17-11-5-6-16-15(20)13(10)11/h5-9H,3-4H2,1-2H3,(H,16,20)(H,17,18,19). The molecule has 0 aromatic carbocycles. The van der Waals surface area contributed by atoms with E-state index < -0.39 is 0 Å². The molecule has 1 aliphatic rings. The lowest BCUT2D eigenvalue weighted by molar-refractivity contribution is -0.117. The minimum Gasteiger partial charge on any atom is -0.328 e. The zero-order valence-electron chi connectivity index (χ0n) is 11.6. The van der Waals surface area contributed by atoms with Gasteiger partial charge in [-0.25, -0.2) is 4.98 Å². The lowest BCUT2D eigenvalue weighted by Crippen LogP contribution is -2.16. The second-order valence-electron chi connectivity index (χ2n) is 5.58. The number of hydrogen-bond donors (Lipinski definition) is 2. The van der Waals surface area contributed by atoms with Gasteiger partial charge in [-0.15, -0.1) is 0 Å². The number of aromatic nitrogens is 2. The van der Waals surface area contributed by atoms with Crippen molar-refractivity contribution in [3.05, 3.63) is 34.2 Å².